The molecule has 1 aliphatic rings. The number of allylic oxidation sites excluding steroid dienone is 3. The Morgan fingerprint density at radius 1 is 1.32 bits per heavy atom. The minimum atomic E-state index is -0.227. The maximum Gasteiger partial charge on any atom is 0.333 e. The second-order valence-electron chi connectivity index (χ2n) is 5.01. The molecule has 0 radical (unpaired) electrons. The van der Waals surface area contributed by atoms with Crippen LogP contribution in [0.2, 0.25) is 0 Å². The molecule has 3 heteroatoms. The van der Waals surface area contributed by atoms with E-state index >= 15 is 0 Å². The zero-order valence-electron chi connectivity index (χ0n) is 11.8. The maximum atomic E-state index is 11.7. The van der Waals surface area contributed by atoms with Crippen LogP contribution >= 0.6 is 0 Å². The van der Waals surface area contributed by atoms with E-state index in [-0.39, 0.29) is 5.97 Å². The molecule has 102 valence electrons. The van der Waals surface area contributed by atoms with Crippen molar-refractivity contribution in [1.82, 2.24) is 0 Å². The normalized spacial score (nSPS) is 21.6. The molecule has 0 N–H and O–H groups in total. The van der Waals surface area contributed by atoms with E-state index in [2.05, 4.69) is 13.0 Å². The summed E-state index contributed by atoms with van der Waals surface area (Å²) in [6, 6.07) is 0. The van der Waals surface area contributed by atoms with Gasteiger partial charge in [0.15, 0.2) is 0 Å². The topological polar surface area (TPSA) is 39.4 Å². The van der Waals surface area contributed by atoms with Crippen LogP contribution < -0.4 is 0 Å². The van der Waals surface area contributed by atoms with Gasteiger partial charge in [-0.15, -0.1) is 0 Å². The lowest BCUT2D eigenvalue weighted by Crippen LogP contribution is -2.06. The third-order valence-electron chi connectivity index (χ3n) is 3.54. The van der Waals surface area contributed by atoms with Gasteiger partial charge in [-0.25, -0.2) is 4.79 Å². The van der Waals surface area contributed by atoms with E-state index < -0.39 is 0 Å². The Bertz CT molecular complexity index is 532. The molecule has 2 rings (SSSR count). The minimum absolute atomic E-state index is 0.227. The fourth-order valence-electron chi connectivity index (χ4n) is 2.39. The number of carbonyl (C=O) groups excluding carboxylic acids is 1. The lowest BCUT2D eigenvalue weighted by Gasteiger charge is -2.09. The standard InChI is InChI=1S/C16H20O3/c1-11-5-4-6-13(16(17)18-3)7-8-14-12(2)10-19-15(14)9-11/h5,7,10H,4,6,8-9H2,1-3H3/b11-5-,13-7+. The summed E-state index contributed by atoms with van der Waals surface area (Å²) >= 11 is 0. The van der Waals surface area contributed by atoms with Crippen molar-refractivity contribution >= 4 is 5.97 Å². The van der Waals surface area contributed by atoms with Gasteiger partial charge in [-0.05, 0) is 38.7 Å². The summed E-state index contributed by atoms with van der Waals surface area (Å²) in [7, 11) is 1.43. The van der Waals surface area contributed by atoms with Gasteiger partial charge in [0.25, 0.3) is 0 Å². The van der Waals surface area contributed by atoms with Crippen molar-refractivity contribution < 1.29 is 13.9 Å². The van der Waals surface area contributed by atoms with Crippen molar-refractivity contribution in [3.63, 3.8) is 0 Å². The SMILES string of the molecule is COC(=O)/C1=C/Cc2c(C)coc2C/C(C)=C\CC1. The highest BCUT2D eigenvalue weighted by Crippen LogP contribution is 2.23. The molecule has 0 bridgehead atoms. The van der Waals surface area contributed by atoms with Gasteiger partial charge in [0.2, 0.25) is 0 Å². The molecule has 1 heterocycles. The highest BCUT2D eigenvalue weighted by molar-refractivity contribution is 5.88. The van der Waals surface area contributed by atoms with Crippen LogP contribution in [0, 0.1) is 6.92 Å². The van der Waals surface area contributed by atoms with E-state index in [1.165, 1.54) is 18.2 Å². The molecule has 0 amide bonds. The number of carbonyl (C=O) groups is 1. The lowest BCUT2D eigenvalue weighted by molar-refractivity contribution is -0.136. The summed E-state index contributed by atoms with van der Waals surface area (Å²) < 4.78 is 10.5. The van der Waals surface area contributed by atoms with Gasteiger partial charge < -0.3 is 9.15 Å². The Hall–Kier alpha value is -1.77. The van der Waals surface area contributed by atoms with E-state index in [1.54, 1.807) is 6.26 Å². The number of methoxy groups -OCH3 is 1. The largest absolute Gasteiger partial charge is 0.468 e. The van der Waals surface area contributed by atoms with Crippen LogP contribution in [0.4, 0.5) is 0 Å². The summed E-state index contributed by atoms with van der Waals surface area (Å²) in [6.07, 6.45) is 9.12. The predicted molar refractivity (Wildman–Crippen MR) is 73.9 cm³/mol. The van der Waals surface area contributed by atoms with Crippen molar-refractivity contribution in [2.24, 2.45) is 0 Å². The predicted octanol–water partition coefficient (Wildman–Crippen LogP) is 3.51. The number of esters is 1. The Morgan fingerprint density at radius 2 is 2.11 bits per heavy atom. The van der Waals surface area contributed by atoms with Gasteiger partial charge in [0, 0.05) is 17.6 Å². The number of fused-ring (bicyclic) bond motifs is 1. The Balaban J connectivity index is 2.36. The van der Waals surface area contributed by atoms with Crippen molar-refractivity contribution in [3.05, 3.63) is 46.4 Å². The second kappa shape index (κ2) is 5.91. The molecule has 0 aromatic carbocycles. The summed E-state index contributed by atoms with van der Waals surface area (Å²) in [5.74, 6) is 0.781. The first-order chi connectivity index (χ1) is 9.11. The Morgan fingerprint density at radius 3 is 2.84 bits per heavy atom. The van der Waals surface area contributed by atoms with Gasteiger partial charge >= 0.3 is 5.97 Å². The van der Waals surface area contributed by atoms with E-state index in [1.807, 2.05) is 13.0 Å². The molecule has 1 aromatic heterocycles. The Labute approximate surface area is 113 Å². The quantitative estimate of drug-likeness (QED) is 0.573. The van der Waals surface area contributed by atoms with Crippen LogP contribution in [-0.2, 0) is 22.4 Å². The van der Waals surface area contributed by atoms with Gasteiger partial charge in [-0.1, -0.05) is 17.7 Å². The van der Waals surface area contributed by atoms with E-state index in [0.717, 1.165) is 42.6 Å². The molecule has 0 fully saturated rings. The Kier molecular flexibility index (Phi) is 4.25. The van der Waals surface area contributed by atoms with Crippen LogP contribution in [-0.4, -0.2) is 13.1 Å². The van der Waals surface area contributed by atoms with Crippen LogP contribution in [0.1, 0.15) is 36.7 Å². The molecule has 0 aliphatic heterocycles. The number of furan rings is 1. The number of hydrogen-bond acceptors (Lipinski definition) is 3. The number of aryl methyl sites for hydroxylation is 1. The highest BCUT2D eigenvalue weighted by atomic mass is 16.5. The monoisotopic (exact) mass is 260 g/mol. The molecule has 0 spiro atoms. The second-order valence-corrected chi connectivity index (χ2v) is 5.01. The van der Waals surface area contributed by atoms with Crippen molar-refractivity contribution in [1.29, 1.82) is 0 Å². The number of rotatable bonds is 1. The smallest absolute Gasteiger partial charge is 0.333 e. The molecular formula is C16H20O3. The zero-order chi connectivity index (χ0) is 13.8. The third kappa shape index (κ3) is 3.16. The number of hydrogen-bond donors (Lipinski definition) is 0. The lowest BCUT2D eigenvalue weighted by atomic mass is 9.98. The van der Waals surface area contributed by atoms with E-state index in [4.69, 9.17) is 9.15 Å². The van der Waals surface area contributed by atoms with Crippen molar-refractivity contribution in [2.75, 3.05) is 7.11 Å². The average molecular weight is 260 g/mol. The summed E-state index contributed by atoms with van der Waals surface area (Å²) in [5, 5.41) is 0. The summed E-state index contributed by atoms with van der Waals surface area (Å²) in [5.41, 5.74) is 4.36. The first-order valence-corrected chi connectivity index (χ1v) is 6.60. The summed E-state index contributed by atoms with van der Waals surface area (Å²) in [6.45, 7) is 4.14. The maximum absolute atomic E-state index is 11.7. The van der Waals surface area contributed by atoms with Crippen LogP contribution in [0.25, 0.3) is 0 Å². The first-order valence-electron chi connectivity index (χ1n) is 6.60. The molecule has 1 aliphatic carbocycles. The molecular weight excluding hydrogens is 240 g/mol. The van der Waals surface area contributed by atoms with Gasteiger partial charge in [0.1, 0.15) is 5.76 Å². The molecule has 0 saturated carbocycles. The molecule has 19 heavy (non-hydrogen) atoms. The molecule has 1 aromatic rings. The molecule has 0 unspecified atom stereocenters. The average Bonchev–Trinajstić information content (AvgIpc) is 2.74. The van der Waals surface area contributed by atoms with Crippen LogP contribution in [0.5, 0.6) is 0 Å². The van der Waals surface area contributed by atoms with E-state index in [9.17, 15) is 4.79 Å². The van der Waals surface area contributed by atoms with Crippen molar-refractivity contribution in [2.45, 2.75) is 39.5 Å². The van der Waals surface area contributed by atoms with E-state index in [0.29, 0.717) is 0 Å². The number of ether oxygens (including phenoxy) is 1. The van der Waals surface area contributed by atoms with Gasteiger partial charge in [0.05, 0.1) is 13.4 Å². The highest BCUT2D eigenvalue weighted by Gasteiger charge is 2.14. The van der Waals surface area contributed by atoms with Crippen LogP contribution in [0.3, 0.4) is 0 Å². The van der Waals surface area contributed by atoms with Gasteiger partial charge in [-0.3, -0.25) is 0 Å². The van der Waals surface area contributed by atoms with Gasteiger partial charge in [-0.2, -0.15) is 0 Å². The zero-order valence-corrected chi connectivity index (χ0v) is 11.8. The van der Waals surface area contributed by atoms with Crippen molar-refractivity contribution in [3.8, 4) is 0 Å². The molecule has 0 saturated heterocycles. The molecule has 3 nitrogen and oxygen atoms in total. The molecule has 0 atom stereocenters. The third-order valence-corrected chi connectivity index (χ3v) is 3.54. The first kappa shape index (κ1) is 13.7. The summed E-state index contributed by atoms with van der Waals surface area (Å²) in [4.78, 5) is 11.7. The minimum Gasteiger partial charge on any atom is -0.468 e. The van der Waals surface area contributed by atoms with Crippen LogP contribution in [0.15, 0.2) is 34.0 Å². The fraction of sp³-hybridized carbons (Fsp3) is 0.438. The fourth-order valence-corrected chi connectivity index (χ4v) is 2.39.